The van der Waals surface area contributed by atoms with Gasteiger partial charge in [-0.25, -0.2) is 0 Å². The molecular formula is C16H24N2O2. The highest BCUT2D eigenvalue weighted by molar-refractivity contribution is 5.49. The van der Waals surface area contributed by atoms with E-state index in [2.05, 4.69) is 11.0 Å². The number of methoxy groups -OCH3 is 1. The highest BCUT2D eigenvalue weighted by atomic mass is 16.5. The third-order valence-electron chi connectivity index (χ3n) is 4.41. The van der Waals surface area contributed by atoms with E-state index >= 15 is 0 Å². The molecule has 4 nitrogen and oxygen atoms in total. The summed E-state index contributed by atoms with van der Waals surface area (Å²) in [6, 6.07) is 6.41. The number of para-hydroxylation sites is 1. The largest absolute Gasteiger partial charge is 0.493 e. The molecule has 1 aromatic carbocycles. The highest BCUT2D eigenvalue weighted by Gasteiger charge is 2.34. The number of ether oxygens (including phenoxy) is 2. The van der Waals surface area contributed by atoms with Crippen LogP contribution in [-0.4, -0.2) is 37.7 Å². The summed E-state index contributed by atoms with van der Waals surface area (Å²) in [5, 5.41) is 0. The quantitative estimate of drug-likeness (QED) is 0.900. The average Bonchev–Trinajstić information content (AvgIpc) is 2.75. The molecule has 2 heterocycles. The Morgan fingerprint density at radius 3 is 2.65 bits per heavy atom. The average molecular weight is 276 g/mol. The van der Waals surface area contributed by atoms with Gasteiger partial charge in [-0.2, -0.15) is 0 Å². The molecule has 1 aromatic rings. The maximum Gasteiger partial charge on any atom is 0.166 e. The summed E-state index contributed by atoms with van der Waals surface area (Å²) in [6.45, 7) is 2.83. The minimum Gasteiger partial charge on any atom is -0.493 e. The number of fused-ring (bicyclic) bond motifs is 1. The molecule has 2 aliphatic rings. The fourth-order valence-electron chi connectivity index (χ4n) is 3.42. The van der Waals surface area contributed by atoms with Crippen molar-refractivity contribution in [1.82, 2.24) is 4.90 Å². The first kappa shape index (κ1) is 13.7. The highest BCUT2D eigenvalue weighted by Crippen LogP contribution is 2.41. The number of rotatable bonds is 2. The smallest absolute Gasteiger partial charge is 0.166 e. The first-order chi connectivity index (χ1) is 9.81. The van der Waals surface area contributed by atoms with Gasteiger partial charge in [-0.1, -0.05) is 25.0 Å². The van der Waals surface area contributed by atoms with Gasteiger partial charge in [0.1, 0.15) is 6.61 Å². The number of benzene rings is 1. The minimum atomic E-state index is 0.0349. The van der Waals surface area contributed by atoms with Crippen molar-refractivity contribution in [2.24, 2.45) is 5.73 Å². The third kappa shape index (κ3) is 2.50. The molecule has 4 heteroatoms. The van der Waals surface area contributed by atoms with Crippen molar-refractivity contribution < 1.29 is 9.47 Å². The summed E-state index contributed by atoms with van der Waals surface area (Å²) in [7, 11) is 1.69. The van der Waals surface area contributed by atoms with Crippen LogP contribution in [0.5, 0.6) is 11.5 Å². The summed E-state index contributed by atoms with van der Waals surface area (Å²) in [4.78, 5) is 2.54. The Morgan fingerprint density at radius 2 is 1.95 bits per heavy atom. The van der Waals surface area contributed by atoms with Gasteiger partial charge in [0.2, 0.25) is 0 Å². The van der Waals surface area contributed by atoms with E-state index in [0.717, 1.165) is 24.6 Å². The van der Waals surface area contributed by atoms with Crippen LogP contribution in [0.2, 0.25) is 0 Å². The second-order valence-electron chi connectivity index (χ2n) is 5.75. The summed E-state index contributed by atoms with van der Waals surface area (Å²) in [6.07, 6.45) is 5.20. The van der Waals surface area contributed by atoms with Crippen LogP contribution in [0.1, 0.15) is 37.3 Å². The zero-order valence-electron chi connectivity index (χ0n) is 12.2. The SMILES string of the molecule is COc1cccc2c1OCC(N)C2N1CCCCCC1. The molecule has 2 aliphatic heterocycles. The van der Waals surface area contributed by atoms with Gasteiger partial charge in [-0.3, -0.25) is 4.90 Å². The van der Waals surface area contributed by atoms with Gasteiger partial charge < -0.3 is 15.2 Å². The summed E-state index contributed by atoms with van der Waals surface area (Å²) in [5.41, 5.74) is 7.54. The topological polar surface area (TPSA) is 47.7 Å². The molecule has 0 aromatic heterocycles. The zero-order valence-corrected chi connectivity index (χ0v) is 12.2. The summed E-state index contributed by atoms with van der Waals surface area (Å²) >= 11 is 0. The third-order valence-corrected chi connectivity index (χ3v) is 4.41. The molecule has 1 saturated heterocycles. The number of nitrogens with two attached hydrogens (primary N) is 1. The molecule has 2 unspecified atom stereocenters. The van der Waals surface area contributed by atoms with Crippen molar-refractivity contribution in [3.63, 3.8) is 0 Å². The summed E-state index contributed by atoms with van der Waals surface area (Å²) in [5.74, 6) is 1.69. The standard InChI is InChI=1S/C16H24N2O2/c1-19-14-8-6-7-12-15(13(17)11-20-16(12)14)18-9-4-2-3-5-10-18/h6-8,13,15H,2-5,9-11,17H2,1H3. The predicted octanol–water partition coefficient (Wildman–Crippen LogP) is 2.33. The van der Waals surface area contributed by atoms with E-state index in [-0.39, 0.29) is 12.1 Å². The van der Waals surface area contributed by atoms with Crippen LogP contribution in [0, 0.1) is 0 Å². The van der Waals surface area contributed by atoms with Crippen LogP contribution in [0.15, 0.2) is 18.2 Å². The molecule has 0 spiro atoms. The lowest BCUT2D eigenvalue weighted by atomic mass is 9.94. The number of hydrogen-bond donors (Lipinski definition) is 1. The Bertz CT molecular complexity index is 456. The van der Waals surface area contributed by atoms with Gasteiger partial charge in [-0.05, 0) is 32.0 Å². The van der Waals surface area contributed by atoms with Crippen LogP contribution >= 0.6 is 0 Å². The predicted molar refractivity (Wildman–Crippen MR) is 79.2 cm³/mol. The Hall–Kier alpha value is -1.26. The van der Waals surface area contributed by atoms with E-state index in [9.17, 15) is 0 Å². The van der Waals surface area contributed by atoms with Gasteiger partial charge in [-0.15, -0.1) is 0 Å². The molecule has 0 radical (unpaired) electrons. The maximum absolute atomic E-state index is 6.36. The molecule has 2 atom stereocenters. The van der Waals surface area contributed by atoms with E-state index in [1.807, 2.05) is 12.1 Å². The maximum atomic E-state index is 6.36. The Morgan fingerprint density at radius 1 is 1.20 bits per heavy atom. The van der Waals surface area contributed by atoms with E-state index in [1.54, 1.807) is 7.11 Å². The number of nitrogens with zero attached hydrogens (tertiary/aromatic N) is 1. The van der Waals surface area contributed by atoms with E-state index in [0.29, 0.717) is 6.61 Å². The van der Waals surface area contributed by atoms with Gasteiger partial charge in [0.15, 0.2) is 11.5 Å². The van der Waals surface area contributed by atoms with Crippen LogP contribution < -0.4 is 15.2 Å². The molecule has 0 saturated carbocycles. The van der Waals surface area contributed by atoms with E-state index < -0.39 is 0 Å². The van der Waals surface area contributed by atoms with Crippen molar-refractivity contribution in [2.45, 2.75) is 37.8 Å². The van der Waals surface area contributed by atoms with E-state index in [4.69, 9.17) is 15.2 Å². The van der Waals surface area contributed by atoms with Crippen molar-refractivity contribution in [3.8, 4) is 11.5 Å². The van der Waals surface area contributed by atoms with Crippen molar-refractivity contribution >= 4 is 0 Å². The van der Waals surface area contributed by atoms with Crippen LogP contribution in [0.3, 0.4) is 0 Å². The summed E-state index contributed by atoms with van der Waals surface area (Å²) < 4.78 is 11.3. The van der Waals surface area contributed by atoms with Gasteiger partial charge in [0.05, 0.1) is 19.2 Å². The molecule has 0 aliphatic carbocycles. The van der Waals surface area contributed by atoms with Crippen molar-refractivity contribution in [2.75, 3.05) is 26.8 Å². The molecule has 0 amide bonds. The molecule has 110 valence electrons. The normalized spacial score (nSPS) is 27.3. The number of likely N-dealkylation sites (tertiary alicyclic amines) is 1. The Kier molecular flexibility index (Phi) is 4.13. The Balaban J connectivity index is 1.94. The van der Waals surface area contributed by atoms with Gasteiger partial charge in [0.25, 0.3) is 0 Å². The molecule has 20 heavy (non-hydrogen) atoms. The monoisotopic (exact) mass is 276 g/mol. The number of hydrogen-bond acceptors (Lipinski definition) is 4. The van der Waals surface area contributed by atoms with Gasteiger partial charge in [0, 0.05) is 5.56 Å². The van der Waals surface area contributed by atoms with Crippen molar-refractivity contribution in [3.05, 3.63) is 23.8 Å². The first-order valence-electron chi connectivity index (χ1n) is 7.60. The van der Waals surface area contributed by atoms with Crippen molar-refractivity contribution in [1.29, 1.82) is 0 Å². The zero-order chi connectivity index (χ0) is 13.9. The molecule has 0 bridgehead atoms. The molecular weight excluding hydrogens is 252 g/mol. The molecule has 2 N–H and O–H groups in total. The molecule has 1 fully saturated rings. The fraction of sp³-hybridized carbons (Fsp3) is 0.625. The lowest BCUT2D eigenvalue weighted by Gasteiger charge is -2.39. The van der Waals surface area contributed by atoms with Gasteiger partial charge >= 0.3 is 0 Å². The second-order valence-corrected chi connectivity index (χ2v) is 5.75. The fourth-order valence-corrected chi connectivity index (χ4v) is 3.42. The lowest BCUT2D eigenvalue weighted by molar-refractivity contribution is 0.119. The van der Waals surface area contributed by atoms with Crippen LogP contribution in [0.4, 0.5) is 0 Å². The molecule has 3 rings (SSSR count). The second kappa shape index (κ2) is 6.02. The minimum absolute atomic E-state index is 0.0349. The lowest BCUT2D eigenvalue weighted by Crippen LogP contribution is -2.47. The van der Waals surface area contributed by atoms with Crippen LogP contribution in [0.25, 0.3) is 0 Å². The first-order valence-corrected chi connectivity index (χ1v) is 7.60. The van der Waals surface area contributed by atoms with E-state index in [1.165, 1.54) is 31.2 Å². The Labute approximate surface area is 120 Å². The van der Waals surface area contributed by atoms with Crippen LogP contribution in [-0.2, 0) is 0 Å².